The van der Waals surface area contributed by atoms with Crippen molar-refractivity contribution in [3.8, 4) is 6.07 Å². The number of aromatic nitrogens is 5. The monoisotopic (exact) mass is 459 g/mol. The summed E-state index contributed by atoms with van der Waals surface area (Å²) in [5.41, 5.74) is 8.45. The first-order valence-electron chi connectivity index (χ1n) is 10.4. The fraction of sp³-hybridized carbons (Fsp3) is 0.217. The first-order chi connectivity index (χ1) is 16.3. The van der Waals surface area contributed by atoms with Gasteiger partial charge >= 0.3 is 0 Å². The van der Waals surface area contributed by atoms with E-state index >= 15 is 0 Å². The maximum absolute atomic E-state index is 14.5. The molecule has 0 spiro atoms. The predicted molar refractivity (Wildman–Crippen MR) is 124 cm³/mol. The van der Waals surface area contributed by atoms with E-state index in [2.05, 4.69) is 30.7 Å². The van der Waals surface area contributed by atoms with Crippen LogP contribution in [0.5, 0.6) is 0 Å². The molecule has 0 bridgehead atoms. The molecule has 34 heavy (non-hydrogen) atoms. The SMILES string of the molecule is Cc1cc(CNC(=O)c2cc3c(F)cccc3nc2C(C)Nc2ncnc(N)c2C#N)n(C)n1. The molecule has 0 saturated carbocycles. The Morgan fingerprint density at radius 3 is 2.82 bits per heavy atom. The number of fused-ring (bicyclic) bond motifs is 1. The molecule has 1 amide bonds. The zero-order chi connectivity index (χ0) is 24.4. The number of nitrogens with zero attached hydrogens (tertiary/aromatic N) is 6. The number of anilines is 2. The number of carbonyl (C=O) groups excluding carboxylic acids is 1. The molecule has 10 nitrogen and oxygen atoms in total. The number of amides is 1. The van der Waals surface area contributed by atoms with Gasteiger partial charge in [0.2, 0.25) is 0 Å². The lowest BCUT2D eigenvalue weighted by Crippen LogP contribution is -2.27. The number of nitriles is 1. The second kappa shape index (κ2) is 9.11. The molecular weight excluding hydrogens is 437 g/mol. The number of halogens is 1. The highest BCUT2D eigenvalue weighted by Gasteiger charge is 2.22. The Bertz CT molecular complexity index is 1440. The molecule has 0 fully saturated rings. The van der Waals surface area contributed by atoms with Gasteiger partial charge in [-0.2, -0.15) is 10.4 Å². The normalized spacial score (nSPS) is 11.7. The third-order valence-corrected chi connectivity index (χ3v) is 5.36. The van der Waals surface area contributed by atoms with Crippen molar-refractivity contribution >= 4 is 28.4 Å². The van der Waals surface area contributed by atoms with Crippen molar-refractivity contribution in [1.29, 1.82) is 5.26 Å². The standard InChI is InChI=1S/C23H22FN9O/c1-12-7-14(33(3)32-12)10-27-23(34)16-8-15-18(24)5-4-6-19(15)31-20(16)13(2)30-22-17(9-25)21(26)28-11-29-22/h4-8,11,13H,10H2,1-3H3,(H,27,34)(H3,26,28,29,30). The summed E-state index contributed by atoms with van der Waals surface area (Å²) in [4.78, 5) is 25.7. The minimum absolute atomic E-state index is 0.0326. The molecule has 3 aromatic heterocycles. The summed E-state index contributed by atoms with van der Waals surface area (Å²) in [6.07, 6.45) is 1.23. The summed E-state index contributed by atoms with van der Waals surface area (Å²) in [6.45, 7) is 3.85. The number of nitrogens with one attached hydrogen (secondary N) is 2. The highest BCUT2D eigenvalue weighted by Crippen LogP contribution is 2.27. The van der Waals surface area contributed by atoms with Crippen molar-refractivity contribution in [1.82, 2.24) is 30.0 Å². The van der Waals surface area contributed by atoms with Crippen LogP contribution in [0.25, 0.3) is 10.9 Å². The molecule has 0 radical (unpaired) electrons. The fourth-order valence-electron chi connectivity index (χ4n) is 3.67. The van der Waals surface area contributed by atoms with Gasteiger partial charge in [-0.05, 0) is 38.1 Å². The lowest BCUT2D eigenvalue weighted by molar-refractivity contribution is 0.0948. The second-order valence-corrected chi connectivity index (χ2v) is 7.77. The van der Waals surface area contributed by atoms with Gasteiger partial charge in [-0.15, -0.1) is 0 Å². The van der Waals surface area contributed by atoms with E-state index in [0.29, 0.717) is 11.2 Å². The Labute approximate surface area is 194 Å². The maximum Gasteiger partial charge on any atom is 0.253 e. The van der Waals surface area contributed by atoms with Crippen LogP contribution in [0.4, 0.5) is 16.0 Å². The van der Waals surface area contributed by atoms with Crippen molar-refractivity contribution in [3.63, 3.8) is 0 Å². The smallest absolute Gasteiger partial charge is 0.253 e. The molecule has 4 N–H and O–H groups in total. The first kappa shape index (κ1) is 22.6. The average Bonchev–Trinajstić information content (AvgIpc) is 3.13. The van der Waals surface area contributed by atoms with Gasteiger partial charge in [-0.25, -0.2) is 19.3 Å². The number of pyridine rings is 1. The molecule has 3 heterocycles. The Morgan fingerprint density at radius 1 is 1.32 bits per heavy atom. The van der Waals surface area contributed by atoms with E-state index in [9.17, 15) is 14.4 Å². The van der Waals surface area contributed by atoms with Gasteiger partial charge in [0.15, 0.2) is 0 Å². The van der Waals surface area contributed by atoms with Crippen LogP contribution >= 0.6 is 0 Å². The van der Waals surface area contributed by atoms with Crippen LogP contribution < -0.4 is 16.4 Å². The molecular formula is C23H22FN9O. The Balaban J connectivity index is 1.72. The van der Waals surface area contributed by atoms with Crippen LogP contribution in [-0.2, 0) is 13.6 Å². The fourth-order valence-corrected chi connectivity index (χ4v) is 3.67. The van der Waals surface area contributed by atoms with Crippen LogP contribution in [0.1, 0.15) is 46.0 Å². The molecule has 1 aromatic carbocycles. The topological polar surface area (TPSA) is 147 Å². The summed E-state index contributed by atoms with van der Waals surface area (Å²) in [6, 6.07) is 9.27. The van der Waals surface area contributed by atoms with E-state index < -0.39 is 17.8 Å². The highest BCUT2D eigenvalue weighted by atomic mass is 19.1. The molecule has 0 aliphatic carbocycles. The molecule has 172 valence electrons. The third kappa shape index (κ3) is 4.33. The first-order valence-corrected chi connectivity index (χ1v) is 10.4. The Hall–Kier alpha value is -4.59. The Morgan fingerprint density at radius 2 is 2.12 bits per heavy atom. The number of aryl methyl sites for hydroxylation is 2. The minimum Gasteiger partial charge on any atom is -0.382 e. The van der Waals surface area contributed by atoms with E-state index in [1.165, 1.54) is 18.5 Å². The summed E-state index contributed by atoms with van der Waals surface area (Å²) < 4.78 is 16.2. The van der Waals surface area contributed by atoms with Gasteiger partial charge in [-0.1, -0.05) is 6.07 Å². The lowest BCUT2D eigenvalue weighted by atomic mass is 10.0. The van der Waals surface area contributed by atoms with E-state index in [1.54, 1.807) is 30.8 Å². The maximum atomic E-state index is 14.5. The summed E-state index contributed by atoms with van der Waals surface area (Å²) in [5, 5.41) is 19.9. The summed E-state index contributed by atoms with van der Waals surface area (Å²) in [7, 11) is 1.79. The number of carbonyl (C=O) groups is 1. The second-order valence-electron chi connectivity index (χ2n) is 7.77. The van der Waals surface area contributed by atoms with Crippen molar-refractivity contribution in [2.45, 2.75) is 26.4 Å². The van der Waals surface area contributed by atoms with Gasteiger partial charge in [0.05, 0.1) is 40.7 Å². The van der Waals surface area contributed by atoms with E-state index in [1.807, 2.05) is 19.1 Å². The number of nitrogens with two attached hydrogens (primary N) is 1. The van der Waals surface area contributed by atoms with Crippen LogP contribution in [0.2, 0.25) is 0 Å². The zero-order valence-electron chi connectivity index (χ0n) is 18.8. The quantitative estimate of drug-likeness (QED) is 0.399. The summed E-state index contributed by atoms with van der Waals surface area (Å²) in [5.74, 6) is -0.669. The van der Waals surface area contributed by atoms with Gasteiger partial charge < -0.3 is 16.4 Å². The van der Waals surface area contributed by atoms with Gasteiger partial charge in [0.25, 0.3) is 5.91 Å². The van der Waals surface area contributed by atoms with Crippen LogP contribution in [0.3, 0.4) is 0 Å². The van der Waals surface area contributed by atoms with Crippen LogP contribution in [-0.4, -0.2) is 30.6 Å². The molecule has 0 saturated heterocycles. The van der Waals surface area contributed by atoms with Gasteiger partial charge in [0, 0.05) is 12.4 Å². The number of hydrogen-bond donors (Lipinski definition) is 3. The molecule has 0 aliphatic heterocycles. The minimum atomic E-state index is -0.575. The predicted octanol–water partition coefficient (Wildman–Crippen LogP) is 2.76. The molecule has 1 unspecified atom stereocenters. The zero-order valence-corrected chi connectivity index (χ0v) is 18.8. The molecule has 4 rings (SSSR count). The Kier molecular flexibility index (Phi) is 6.05. The average molecular weight is 459 g/mol. The van der Waals surface area contributed by atoms with E-state index in [-0.39, 0.29) is 34.7 Å². The van der Waals surface area contributed by atoms with Crippen molar-refractivity contribution in [2.24, 2.45) is 7.05 Å². The van der Waals surface area contributed by atoms with Crippen LogP contribution in [0.15, 0.2) is 36.7 Å². The van der Waals surface area contributed by atoms with Crippen molar-refractivity contribution < 1.29 is 9.18 Å². The summed E-state index contributed by atoms with van der Waals surface area (Å²) >= 11 is 0. The van der Waals surface area contributed by atoms with Crippen molar-refractivity contribution in [2.75, 3.05) is 11.1 Å². The van der Waals surface area contributed by atoms with E-state index in [0.717, 1.165) is 11.4 Å². The highest BCUT2D eigenvalue weighted by molar-refractivity contribution is 5.99. The number of hydrogen-bond acceptors (Lipinski definition) is 8. The number of rotatable bonds is 6. The lowest BCUT2D eigenvalue weighted by Gasteiger charge is -2.19. The van der Waals surface area contributed by atoms with Gasteiger partial charge in [-0.3, -0.25) is 9.48 Å². The van der Waals surface area contributed by atoms with Gasteiger partial charge in [0.1, 0.15) is 35.4 Å². The van der Waals surface area contributed by atoms with E-state index in [4.69, 9.17) is 5.73 Å². The van der Waals surface area contributed by atoms with Crippen LogP contribution in [0, 0.1) is 24.1 Å². The number of nitrogen functional groups attached to an aromatic ring is 1. The molecule has 11 heteroatoms. The molecule has 4 aromatic rings. The number of benzene rings is 1. The van der Waals surface area contributed by atoms with Crippen molar-refractivity contribution in [3.05, 3.63) is 70.7 Å². The molecule has 1 atom stereocenters. The largest absolute Gasteiger partial charge is 0.382 e. The third-order valence-electron chi connectivity index (χ3n) is 5.36. The molecule has 0 aliphatic rings.